The van der Waals surface area contributed by atoms with Crippen LogP contribution in [0, 0.1) is 0 Å². The van der Waals surface area contributed by atoms with Gasteiger partial charge in [-0.3, -0.25) is 9.59 Å². The lowest BCUT2D eigenvalue weighted by Crippen LogP contribution is -2.37. The van der Waals surface area contributed by atoms with Crippen molar-refractivity contribution in [2.75, 3.05) is 13.1 Å². The Morgan fingerprint density at radius 2 is 2.06 bits per heavy atom. The molecule has 1 rings (SSSR count). The minimum absolute atomic E-state index is 0.0863. The molecular formula is C9H11ClN4O2. The molecule has 0 atom stereocenters. The van der Waals surface area contributed by atoms with E-state index in [0.29, 0.717) is 6.54 Å². The zero-order valence-corrected chi connectivity index (χ0v) is 9.41. The number of nitrogens with one attached hydrogen (secondary N) is 2. The van der Waals surface area contributed by atoms with Gasteiger partial charge >= 0.3 is 0 Å². The quantitative estimate of drug-likeness (QED) is 0.778. The zero-order valence-electron chi connectivity index (χ0n) is 8.66. The van der Waals surface area contributed by atoms with Gasteiger partial charge in [-0.25, -0.2) is 0 Å². The van der Waals surface area contributed by atoms with Crippen molar-refractivity contribution < 1.29 is 9.59 Å². The van der Waals surface area contributed by atoms with E-state index in [9.17, 15) is 9.59 Å². The zero-order chi connectivity index (χ0) is 12.0. The Bertz CT molecular complexity index is 380. The van der Waals surface area contributed by atoms with Gasteiger partial charge in [-0.05, 0) is 19.1 Å². The van der Waals surface area contributed by atoms with E-state index in [1.54, 1.807) is 6.92 Å². The number of carbonyl (C=O) groups is 2. The van der Waals surface area contributed by atoms with Crippen molar-refractivity contribution in [1.29, 1.82) is 0 Å². The number of halogens is 1. The van der Waals surface area contributed by atoms with Crippen molar-refractivity contribution >= 4 is 23.4 Å². The first-order valence-corrected chi connectivity index (χ1v) is 5.05. The largest absolute Gasteiger partial charge is 0.355 e. The molecule has 0 aliphatic carbocycles. The highest BCUT2D eigenvalue weighted by Gasteiger charge is 2.09. The number of carbonyl (C=O) groups excluding carboxylic acids is 2. The van der Waals surface area contributed by atoms with Gasteiger partial charge in [0, 0.05) is 6.54 Å². The van der Waals surface area contributed by atoms with Crippen molar-refractivity contribution in [3.05, 3.63) is 23.0 Å². The molecule has 0 aliphatic heterocycles. The molecule has 6 nitrogen and oxygen atoms in total. The molecule has 0 aliphatic rings. The highest BCUT2D eigenvalue weighted by molar-refractivity contribution is 6.29. The Labute approximate surface area is 97.4 Å². The van der Waals surface area contributed by atoms with Crippen LogP contribution in [0.5, 0.6) is 0 Å². The van der Waals surface area contributed by atoms with E-state index in [1.165, 1.54) is 12.1 Å². The number of hydrogen-bond donors (Lipinski definition) is 2. The van der Waals surface area contributed by atoms with Crippen LogP contribution < -0.4 is 10.6 Å². The monoisotopic (exact) mass is 242 g/mol. The Hall–Kier alpha value is -1.69. The molecule has 16 heavy (non-hydrogen) atoms. The summed E-state index contributed by atoms with van der Waals surface area (Å²) in [6.07, 6.45) is 0. The molecule has 0 spiro atoms. The van der Waals surface area contributed by atoms with Gasteiger partial charge in [0.2, 0.25) is 5.91 Å². The van der Waals surface area contributed by atoms with Crippen LogP contribution in [0.2, 0.25) is 5.15 Å². The maximum atomic E-state index is 11.4. The molecule has 2 N–H and O–H groups in total. The molecule has 1 aromatic rings. The average molecular weight is 243 g/mol. The van der Waals surface area contributed by atoms with Crippen molar-refractivity contribution in [2.45, 2.75) is 6.92 Å². The number of nitrogens with zero attached hydrogens (tertiary/aromatic N) is 2. The second kappa shape index (κ2) is 6.02. The fraction of sp³-hybridized carbons (Fsp3) is 0.333. The Kier molecular flexibility index (Phi) is 4.65. The van der Waals surface area contributed by atoms with Gasteiger partial charge in [0.1, 0.15) is 0 Å². The molecule has 0 saturated heterocycles. The SMILES string of the molecule is CCNC(=O)CNC(=O)c1ccc(Cl)nn1. The maximum Gasteiger partial charge on any atom is 0.272 e. The fourth-order valence-corrected chi connectivity index (χ4v) is 1.05. The molecule has 86 valence electrons. The number of rotatable bonds is 4. The smallest absolute Gasteiger partial charge is 0.272 e. The molecule has 2 amide bonds. The Morgan fingerprint density at radius 1 is 1.31 bits per heavy atom. The van der Waals surface area contributed by atoms with Crippen LogP contribution in [0.3, 0.4) is 0 Å². The molecular weight excluding hydrogens is 232 g/mol. The third-order valence-electron chi connectivity index (χ3n) is 1.65. The first-order chi connectivity index (χ1) is 7.63. The van der Waals surface area contributed by atoms with Gasteiger partial charge in [-0.2, -0.15) is 0 Å². The minimum Gasteiger partial charge on any atom is -0.355 e. The summed E-state index contributed by atoms with van der Waals surface area (Å²) in [6.45, 7) is 2.23. The van der Waals surface area contributed by atoms with Gasteiger partial charge in [0.05, 0.1) is 6.54 Å². The maximum absolute atomic E-state index is 11.4. The highest BCUT2D eigenvalue weighted by Crippen LogP contribution is 2.01. The first kappa shape index (κ1) is 12.4. The number of hydrogen-bond acceptors (Lipinski definition) is 4. The first-order valence-electron chi connectivity index (χ1n) is 4.67. The minimum atomic E-state index is -0.463. The molecule has 0 bridgehead atoms. The summed E-state index contributed by atoms with van der Waals surface area (Å²) in [7, 11) is 0. The van der Waals surface area contributed by atoms with Crippen LogP contribution in [0.4, 0.5) is 0 Å². The Balaban J connectivity index is 2.47. The van der Waals surface area contributed by atoms with Crippen molar-refractivity contribution in [1.82, 2.24) is 20.8 Å². The van der Waals surface area contributed by atoms with E-state index in [-0.39, 0.29) is 23.3 Å². The van der Waals surface area contributed by atoms with Crippen molar-refractivity contribution in [3.8, 4) is 0 Å². The van der Waals surface area contributed by atoms with Crippen LogP contribution in [0.1, 0.15) is 17.4 Å². The van der Waals surface area contributed by atoms with E-state index in [0.717, 1.165) is 0 Å². The summed E-state index contributed by atoms with van der Waals surface area (Å²) in [5, 5.41) is 12.3. The third kappa shape index (κ3) is 3.82. The van der Waals surface area contributed by atoms with Gasteiger partial charge in [0.25, 0.3) is 5.91 Å². The summed E-state index contributed by atoms with van der Waals surface area (Å²) in [4.78, 5) is 22.5. The fourth-order valence-electron chi connectivity index (χ4n) is 0.948. The van der Waals surface area contributed by atoms with Crippen molar-refractivity contribution in [2.24, 2.45) is 0 Å². The van der Waals surface area contributed by atoms with Gasteiger partial charge in [-0.1, -0.05) is 11.6 Å². The van der Waals surface area contributed by atoms with E-state index in [1.807, 2.05) is 0 Å². The average Bonchev–Trinajstić information content (AvgIpc) is 2.27. The van der Waals surface area contributed by atoms with Gasteiger partial charge in [-0.15, -0.1) is 10.2 Å². The highest BCUT2D eigenvalue weighted by atomic mass is 35.5. The summed E-state index contributed by atoms with van der Waals surface area (Å²) in [5.41, 5.74) is 0.119. The summed E-state index contributed by atoms with van der Waals surface area (Å²) in [5.74, 6) is -0.715. The van der Waals surface area contributed by atoms with Gasteiger partial charge in [0.15, 0.2) is 10.8 Å². The lowest BCUT2D eigenvalue weighted by Gasteiger charge is -2.04. The van der Waals surface area contributed by atoms with Crippen molar-refractivity contribution in [3.63, 3.8) is 0 Å². The van der Waals surface area contributed by atoms with E-state index < -0.39 is 5.91 Å². The molecule has 0 saturated carbocycles. The number of aromatic nitrogens is 2. The second-order valence-electron chi connectivity index (χ2n) is 2.88. The second-order valence-corrected chi connectivity index (χ2v) is 3.26. The van der Waals surface area contributed by atoms with Crippen LogP contribution in [-0.2, 0) is 4.79 Å². The van der Waals surface area contributed by atoms with Crippen LogP contribution in [0.25, 0.3) is 0 Å². The number of likely N-dealkylation sites (N-methyl/N-ethyl adjacent to an activating group) is 1. The Morgan fingerprint density at radius 3 is 2.62 bits per heavy atom. The normalized spacial score (nSPS) is 9.62. The van der Waals surface area contributed by atoms with E-state index in [2.05, 4.69) is 20.8 Å². The van der Waals surface area contributed by atoms with E-state index >= 15 is 0 Å². The molecule has 0 unspecified atom stereocenters. The molecule has 1 aromatic heterocycles. The lowest BCUT2D eigenvalue weighted by atomic mass is 10.3. The standard InChI is InChI=1S/C9H11ClN4O2/c1-2-11-8(15)5-12-9(16)6-3-4-7(10)14-13-6/h3-4H,2,5H2,1H3,(H,11,15)(H,12,16). The molecule has 0 radical (unpaired) electrons. The predicted octanol–water partition coefficient (Wildman–Crippen LogP) is -0.00410. The number of amides is 2. The summed E-state index contributed by atoms with van der Waals surface area (Å²) < 4.78 is 0. The topological polar surface area (TPSA) is 84.0 Å². The van der Waals surface area contributed by atoms with Gasteiger partial charge < -0.3 is 10.6 Å². The third-order valence-corrected chi connectivity index (χ3v) is 1.85. The van der Waals surface area contributed by atoms with Crippen LogP contribution in [-0.4, -0.2) is 35.1 Å². The van der Waals surface area contributed by atoms with Crippen LogP contribution in [0.15, 0.2) is 12.1 Å². The van der Waals surface area contributed by atoms with Crippen LogP contribution >= 0.6 is 11.6 Å². The summed E-state index contributed by atoms with van der Waals surface area (Å²) >= 11 is 5.52. The lowest BCUT2D eigenvalue weighted by molar-refractivity contribution is -0.120. The molecule has 0 fully saturated rings. The molecule has 0 aromatic carbocycles. The molecule has 7 heteroatoms. The summed E-state index contributed by atoms with van der Waals surface area (Å²) in [6, 6.07) is 2.89. The predicted molar refractivity (Wildman–Crippen MR) is 58.1 cm³/mol. The van der Waals surface area contributed by atoms with E-state index in [4.69, 9.17) is 11.6 Å². The molecule has 1 heterocycles.